The summed E-state index contributed by atoms with van der Waals surface area (Å²) in [6, 6.07) is 16.3. The Morgan fingerprint density at radius 3 is 2.61 bits per heavy atom. The van der Waals surface area contributed by atoms with Crippen molar-refractivity contribution in [3.05, 3.63) is 87.1 Å². The van der Waals surface area contributed by atoms with E-state index in [2.05, 4.69) is 53.9 Å². The van der Waals surface area contributed by atoms with Crippen LogP contribution in [0.15, 0.2) is 75.6 Å². The zero-order chi connectivity index (χ0) is 19.5. The maximum Gasteiger partial charge on any atom is 0.211 e. The lowest BCUT2D eigenvalue weighted by Gasteiger charge is -2.05. The van der Waals surface area contributed by atoms with Crippen molar-refractivity contribution >= 4 is 34.1 Å². The molecule has 1 aromatic carbocycles. The summed E-state index contributed by atoms with van der Waals surface area (Å²) in [4.78, 5) is 11.3. The number of thiazole rings is 1. The van der Waals surface area contributed by atoms with Crippen molar-refractivity contribution in [2.24, 2.45) is 10.1 Å². The zero-order valence-electron chi connectivity index (χ0n) is 16.0. The minimum absolute atomic E-state index is 0.835. The molecule has 0 fully saturated rings. The second kappa shape index (κ2) is 8.04. The third-order valence-electron chi connectivity index (χ3n) is 4.46. The molecule has 4 aromatic rings. The molecule has 0 radical (unpaired) electrons. The van der Waals surface area contributed by atoms with E-state index in [1.807, 2.05) is 35.9 Å². The van der Waals surface area contributed by atoms with Crippen LogP contribution in [0.4, 0.5) is 5.69 Å². The van der Waals surface area contributed by atoms with Crippen LogP contribution in [0, 0.1) is 13.8 Å². The summed E-state index contributed by atoms with van der Waals surface area (Å²) in [5.41, 5.74) is 6.17. The van der Waals surface area contributed by atoms with Crippen LogP contribution in [0.25, 0.3) is 10.6 Å². The van der Waals surface area contributed by atoms with Crippen LogP contribution < -0.4 is 4.80 Å². The van der Waals surface area contributed by atoms with E-state index in [1.165, 1.54) is 11.1 Å². The lowest BCUT2D eigenvalue weighted by atomic mass is 10.1. The van der Waals surface area contributed by atoms with Crippen molar-refractivity contribution in [1.82, 2.24) is 9.66 Å². The Hall–Kier alpha value is -2.83. The van der Waals surface area contributed by atoms with E-state index in [0.29, 0.717) is 0 Å². The highest BCUT2D eigenvalue weighted by molar-refractivity contribution is 7.14. The van der Waals surface area contributed by atoms with Crippen molar-refractivity contribution in [2.75, 3.05) is 0 Å². The third-order valence-corrected chi connectivity index (χ3v) is 6.17. The average molecular weight is 405 g/mol. The Kier molecular flexibility index (Phi) is 5.32. The molecule has 6 heteroatoms. The highest BCUT2D eigenvalue weighted by atomic mass is 32.1. The second-order valence-electron chi connectivity index (χ2n) is 6.47. The topological polar surface area (TPSA) is 42.5 Å². The van der Waals surface area contributed by atoms with E-state index >= 15 is 0 Å². The predicted octanol–water partition coefficient (Wildman–Crippen LogP) is 5.79. The van der Waals surface area contributed by atoms with Gasteiger partial charge >= 0.3 is 0 Å². The van der Waals surface area contributed by atoms with Gasteiger partial charge in [-0.2, -0.15) is 5.10 Å². The molecular formula is C22H20N4S2. The van der Waals surface area contributed by atoms with Crippen LogP contribution in [0.1, 0.15) is 23.7 Å². The van der Waals surface area contributed by atoms with Crippen molar-refractivity contribution < 1.29 is 0 Å². The first-order valence-corrected chi connectivity index (χ1v) is 10.7. The smallest absolute Gasteiger partial charge is 0.211 e. The lowest BCUT2D eigenvalue weighted by molar-refractivity contribution is 0.848. The van der Waals surface area contributed by atoms with Gasteiger partial charge < -0.3 is 0 Å². The zero-order valence-corrected chi connectivity index (χ0v) is 17.6. The van der Waals surface area contributed by atoms with Crippen molar-refractivity contribution in [2.45, 2.75) is 20.8 Å². The van der Waals surface area contributed by atoms with Gasteiger partial charge in [-0.3, -0.25) is 4.98 Å². The fourth-order valence-corrected chi connectivity index (χ4v) is 4.39. The van der Waals surface area contributed by atoms with Gasteiger partial charge in [-0.1, -0.05) is 18.2 Å². The molecule has 0 amide bonds. The van der Waals surface area contributed by atoms with Crippen molar-refractivity contribution in [1.29, 1.82) is 0 Å². The molecule has 0 N–H and O–H groups in total. The SMILES string of the molecule is CC(=Nn1c(-c2cccs2)csc1=Nc1ccc(C)c(C)c1)c1ccccn1. The summed E-state index contributed by atoms with van der Waals surface area (Å²) < 4.78 is 1.93. The van der Waals surface area contributed by atoms with Gasteiger partial charge in [-0.05, 0) is 67.6 Å². The Labute approximate surface area is 172 Å². The Morgan fingerprint density at radius 1 is 1.00 bits per heavy atom. The largest absolute Gasteiger partial charge is 0.255 e. The molecule has 0 spiro atoms. The van der Waals surface area contributed by atoms with E-state index in [0.717, 1.165) is 32.5 Å². The number of rotatable bonds is 4. The van der Waals surface area contributed by atoms with Crippen LogP contribution >= 0.6 is 22.7 Å². The fourth-order valence-electron chi connectivity index (χ4n) is 2.75. The highest BCUT2D eigenvalue weighted by Crippen LogP contribution is 2.26. The van der Waals surface area contributed by atoms with Crippen LogP contribution in [0.3, 0.4) is 0 Å². The first kappa shape index (κ1) is 18.5. The summed E-state index contributed by atoms with van der Waals surface area (Å²) >= 11 is 3.29. The number of benzene rings is 1. The minimum atomic E-state index is 0.835. The molecule has 0 saturated heterocycles. The first-order valence-electron chi connectivity index (χ1n) is 8.95. The van der Waals surface area contributed by atoms with Crippen LogP contribution in [0.2, 0.25) is 0 Å². The molecule has 0 atom stereocenters. The van der Waals surface area contributed by atoms with E-state index < -0.39 is 0 Å². The third kappa shape index (κ3) is 3.88. The maximum absolute atomic E-state index is 4.88. The van der Waals surface area contributed by atoms with E-state index in [1.54, 1.807) is 28.9 Å². The fraction of sp³-hybridized carbons (Fsp3) is 0.136. The summed E-state index contributed by atoms with van der Waals surface area (Å²) in [5, 5.41) is 9.06. The number of hydrogen-bond acceptors (Lipinski definition) is 5. The molecule has 140 valence electrons. The van der Waals surface area contributed by atoms with Gasteiger partial charge in [0.25, 0.3) is 0 Å². The molecule has 4 rings (SSSR count). The molecular weight excluding hydrogens is 384 g/mol. The molecule has 3 heterocycles. The Bertz CT molecular complexity index is 1180. The highest BCUT2D eigenvalue weighted by Gasteiger charge is 2.10. The van der Waals surface area contributed by atoms with Crippen LogP contribution in [0.5, 0.6) is 0 Å². The molecule has 0 aliphatic heterocycles. The molecule has 0 bridgehead atoms. The number of aryl methyl sites for hydroxylation is 2. The standard InChI is InChI=1S/C22H20N4S2/c1-15-9-10-18(13-16(15)2)24-22-26(20(14-28-22)21-8-6-12-27-21)25-17(3)19-7-4-5-11-23-19/h4-14H,1-3H3. The summed E-state index contributed by atoms with van der Waals surface area (Å²) in [5.74, 6) is 0. The van der Waals surface area contributed by atoms with Gasteiger partial charge in [0, 0.05) is 11.6 Å². The average Bonchev–Trinajstić information content (AvgIpc) is 3.36. The molecule has 0 saturated carbocycles. The van der Waals surface area contributed by atoms with Crippen LogP contribution in [-0.2, 0) is 0 Å². The van der Waals surface area contributed by atoms with Gasteiger partial charge in [0.2, 0.25) is 4.80 Å². The van der Waals surface area contributed by atoms with E-state index in [9.17, 15) is 0 Å². The quantitative estimate of drug-likeness (QED) is 0.397. The second-order valence-corrected chi connectivity index (χ2v) is 8.26. The van der Waals surface area contributed by atoms with Gasteiger partial charge in [0.05, 0.1) is 27.7 Å². The molecule has 0 aliphatic carbocycles. The van der Waals surface area contributed by atoms with Gasteiger partial charge in [-0.25, -0.2) is 9.67 Å². The molecule has 4 nitrogen and oxygen atoms in total. The molecule has 28 heavy (non-hydrogen) atoms. The number of nitrogens with zero attached hydrogens (tertiary/aromatic N) is 4. The first-order chi connectivity index (χ1) is 13.6. The van der Waals surface area contributed by atoms with Gasteiger partial charge in [-0.15, -0.1) is 22.7 Å². The van der Waals surface area contributed by atoms with E-state index in [-0.39, 0.29) is 0 Å². The summed E-state index contributed by atoms with van der Waals surface area (Å²) in [6.45, 7) is 6.20. The number of hydrogen-bond donors (Lipinski definition) is 0. The lowest BCUT2D eigenvalue weighted by Crippen LogP contribution is -2.14. The Balaban J connectivity index is 1.88. The minimum Gasteiger partial charge on any atom is -0.255 e. The van der Waals surface area contributed by atoms with Crippen molar-refractivity contribution in [3.63, 3.8) is 0 Å². The number of pyridine rings is 1. The van der Waals surface area contributed by atoms with E-state index in [4.69, 9.17) is 10.1 Å². The maximum atomic E-state index is 4.88. The monoisotopic (exact) mass is 404 g/mol. The molecule has 0 aliphatic rings. The van der Waals surface area contributed by atoms with Crippen LogP contribution in [-0.4, -0.2) is 15.4 Å². The summed E-state index contributed by atoms with van der Waals surface area (Å²) in [6.07, 6.45) is 1.78. The summed E-state index contributed by atoms with van der Waals surface area (Å²) in [7, 11) is 0. The van der Waals surface area contributed by atoms with Gasteiger partial charge in [0.1, 0.15) is 0 Å². The number of aromatic nitrogens is 2. The Morgan fingerprint density at radius 2 is 1.89 bits per heavy atom. The predicted molar refractivity (Wildman–Crippen MR) is 119 cm³/mol. The molecule has 0 unspecified atom stereocenters. The normalized spacial score (nSPS) is 12.5. The van der Waals surface area contributed by atoms with Crippen molar-refractivity contribution in [3.8, 4) is 10.6 Å². The molecule has 3 aromatic heterocycles. The number of thiophene rings is 1. The van der Waals surface area contributed by atoms with Gasteiger partial charge in [0.15, 0.2) is 0 Å².